The number of H-pyrrole nitrogens is 1. The first-order chi connectivity index (χ1) is 9.49. The van der Waals surface area contributed by atoms with E-state index in [0.29, 0.717) is 22.5 Å². The lowest BCUT2D eigenvalue weighted by Gasteiger charge is -2.06. The van der Waals surface area contributed by atoms with Crippen molar-refractivity contribution in [3.05, 3.63) is 25.6 Å². The van der Waals surface area contributed by atoms with Gasteiger partial charge in [-0.3, -0.25) is 13.9 Å². The second-order valence-electron chi connectivity index (χ2n) is 5.05. The monoisotopic (exact) mass is 296 g/mol. The minimum Gasteiger partial charge on any atom is -0.316 e. The summed E-state index contributed by atoms with van der Waals surface area (Å²) in [7, 11) is 3.12. The van der Waals surface area contributed by atoms with Gasteiger partial charge >= 0.3 is 5.69 Å². The van der Waals surface area contributed by atoms with Gasteiger partial charge in [-0.2, -0.15) is 0 Å². The van der Waals surface area contributed by atoms with E-state index in [-0.39, 0.29) is 11.2 Å². The Balaban J connectivity index is 2.56. The van der Waals surface area contributed by atoms with Crippen LogP contribution < -0.4 is 11.2 Å². The van der Waals surface area contributed by atoms with Gasteiger partial charge in [0.25, 0.3) is 5.56 Å². The number of aryl methyl sites for hydroxylation is 2. The van der Waals surface area contributed by atoms with Crippen LogP contribution >= 0.6 is 12.2 Å². The van der Waals surface area contributed by atoms with E-state index >= 15 is 0 Å². The van der Waals surface area contributed by atoms with Crippen molar-refractivity contribution in [2.75, 3.05) is 0 Å². The van der Waals surface area contributed by atoms with Crippen molar-refractivity contribution in [2.45, 2.75) is 39.2 Å². The molecule has 0 radical (unpaired) electrons. The van der Waals surface area contributed by atoms with Gasteiger partial charge < -0.3 is 9.55 Å². The molecule has 0 aliphatic heterocycles. The average molecular weight is 296 g/mol. The number of hydrogen-bond acceptors (Lipinski definition) is 3. The molecule has 0 atom stereocenters. The van der Waals surface area contributed by atoms with Crippen molar-refractivity contribution >= 4 is 23.4 Å². The van der Waals surface area contributed by atoms with Gasteiger partial charge in [-0.15, -0.1) is 0 Å². The van der Waals surface area contributed by atoms with Crippen molar-refractivity contribution in [3.8, 4) is 0 Å². The molecule has 20 heavy (non-hydrogen) atoms. The van der Waals surface area contributed by atoms with E-state index < -0.39 is 0 Å². The van der Waals surface area contributed by atoms with Crippen LogP contribution in [0.3, 0.4) is 0 Å². The Bertz CT molecular complexity index is 794. The molecule has 0 aliphatic rings. The van der Waals surface area contributed by atoms with E-state index in [1.807, 2.05) is 4.57 Å². The van der Waals surface area contributed by atoms with Crippen molar-refractivity contribution in [2.24, 2.45) is 14.1 Å². The van der Waals surface area contributed by atoms with Gasteiger partial charge in [0.15, 0.2) is 10.3 Å². The molecule has 7 heteroatoms. The first-order valence-corrected chi connectivity index (χ1v) is 7.28. The number of rotatable bonds is 5. The van der Waals surface area contributed by atoms with E-state index in [2.05, 4.69) is 11.9 Å². The Morgan fingerprint density at radius 3 is 2.45 bits per heavy atom. The molecule has 2 heterocycles. The molecule has 0 fully saturated rings. The van der Waals surface area contributed by atoms with Crippen LogP contribution in [0.5, 0.6) is 0 Å². The second-order valence-corrected chi connectivity index (χ2v) is 5.43. The fourth-order valence-electron chi connectivity index (χ4n) is 2.39. The Morgan fingerprint density at radius 1 is 1.10 bits per heavy atom. The predicted molar refractivity (Wildman–Crippen MR) is 81.7 cm³/mol. The molecule has 6 nitrogen and oxygen atoms in total. The Hall–Kier alpha value is -1.63. The van der Waals surface area contributed by atoms with Crippen LogP contribution in [0.15, 0.2) is 9.59 Å². The third-order valence-corrected chi connectivity index (χ3v) is 3.94. The van der Waals surface area contributed by atoms with Crippen molar-refractivity contribution in [3.63, 3.8) is 0 Å². The third-order valence-electron chi connectivity index (χ3n) is 3.62. The van der Waals surface area contributed by atoms with Crippen LogP contribution in [0.2, 0.25) is 0 Å². The van der Waals surface area contributed by atoms with Crippen LogP contribution in [0.4, 0.5) is 0 Å². The van der Waals surface area contributed by atoms with Gasteiger partial charge in [0.1, 0.15) is 5.65 Å². The number of aromatic nitrogens is 4. The van der Waals surface area contributed by atoms with Crippen molar-refractivity contribution in [1.29, 1.82) is 0 Å². The Morgan fingerprint density at radius 2 is 1.80 bits per heavy atom. The molecule has 0 aliphatic carbocycles. The maximum atomic E-state index is 12.3. The van der Waals surface area contributed by atoms with Gasteiger partial charge in [-0.05, 0) is 18.6 Å². The molecule has 0 unspecified atom stereocenters. The minimum absolute atomic E-state index is 0.300. The zero-order chi connectivity index (χ0) is 14.9. The smallest absolute Gasteiger partial charge is 0.316 e. The van der Waals surface area contributed by atoms with Crippen LogP contribution in [0.1, 0.15) is 32.6 Å². The van der Waals surface area contributed by atoms with E-state index in [1.165, 1.54) is 18.0 Å². The molecule has 2 aromatic rings. The normalized spacial score (nSPS) is 11.3. The molecular weight excluding hydrogens is 276 g/mol. The first kappa shape index (κ1) is 14.8. The zero-order valence-corrected chi connectivity index (χ0v) is 12.9. The van der Waals surface area contributed by atoms with Gasteiger partial charge in [-0.1, -0.05) is 26.2 Å². The molecule has 110 valence electrons. The largest absolute Gasteiger partial charge is 0.332 e. The SMILES string of the molecule is CCCCCCn1c(=S)[nH]c2c1c(=O)n(C)c(=O)n2C. The Labute approximate surface area is 121 Å². The minimum atomic E-state index is -0.350. The van der Waals surface area contributed by atoms with Crippen LogP contribution in [0, 0.1) is 4.77 Å². The average Bonchev–Trinajstić information content (AvgIpc) is 2.76. The number of aromatic amines is 1. The summed E-state index contributed by atoms with van der Waals surface area (Å²) >= 11 is 5.28. The maximum absolute atomic E-state index is 12.3. The highest BCUT2D eigenvalue weighted by molar-refractivity contribution is 7.71. The summed E-state index contributed by atoms with van der Waals surface area (Å²) in [6, 6.07) is 0. The molecule has 0 spiro atoms. The zero-order valence-electron chi connectivity index (χ0n) is 12.1. The standard InChI is InChI=1S/C13H20N4O2S/c1-4-5-6-7-8-17-9-10(14-12(17)20)15(2)13(19)16(3)11(9)18/h4-8H2,1-3H3,(H,14,20). The lowest BCUT2D eigenvalue weighted by molar-refractivity contribution is 0.584. The van der Waals surface area contributed by atoms with E-state index in [1.54, 1.807) is 7.05 Å². The van der Waals surface area contributed by atoms with Gasteiger partial charge in [0.05, 0.1) is 0 Å². The summed E-state index contributed by atoms with van der Waals surface area (Å²) in [6.45, 7) is 2.86. The summed E-state index contributed by atoms with van der Waals surface area (Å²) in [5.41, 5.74) is 0.331. The molecule has 0 amide bonds. The Kier molecular flexibility index (Phi) is 4.27. The molecule has 2 rings (SSSR count). The number of nitrogens with zero attached hydrogens (tertiary/aromatic N) is 3. The first-order valence-electron chi connectivity index (χ1n) is 6.87. The van der Waals surface area contributed by atoms with Gasteiger partial charge in [0, 0.05) is 20.6 Å². The topological polar surface area (TPSA) is 64.7 Å². The summed E-state index contributed by atoms with van der Waals surface area (Å²) in [5, 5.41) is 0. The molecule has 2 aromatic heterocycles. The number of hydrogen-bond donors (Lipinski definition) is 1. The lowest BCUT2D eigenvalue weighted by atomic mass is 10.2. The van der Waals surface area contributed by atoms with Crippen LogP contribution in [0.25, 0.3) is 11.2 Å². The number of nitrogens with one attached hydrogen (secondary N) is 1. The number of imidazole rings is 1. The molecule has 0 saturated heterocycles. The summed E-state index contributed by atoms with van der Waals surface area (Å²) in [5.74, 6) is 0. The molecular formula is C13H20N4O2S. The molecule has 0 bridgehead atoms. The highest BCUT2D eigenvalue weighted by atomic mass is 32.1. The lowest BCUT2D eigenvalue weighted by Crippen LogP contribution is -2.37. The van der Waals surface area contributed by atoms with E-state index in [4.69, 9.17) is 12.2 Å². The highest BCUT2D eigenvalue weighted by Crippen LogP contribution is 2.10. The summed E-state index contributed by atoms with van der Waals surface area (Å²) < 4.78 is 4.85. The molecule has 1 N–H and O–H groups in total. The second kappa shape index (κ2) is 5.78. The highest BCUT2D eigenvalue weighted by Gasteiger charge is 2.14. The summed E-state index contributed by atoms with van der Waals surface area (Å²) in [4.78, 5) is 27.1. The quantitative estimate of drug-likeness (QED) is 0.674. The fraction of sp³-hybridized carbons (Fsp3) is 0.615. The van der Waals surface area contributed by atoms with Crippen molar-refractivity contribution in [1.82, 2.24) is 18.7 Å². The van der Waals surface area contributed by atoms with Gasteiger partial charge in [0.2, 0.25) is 0 Å². The van der Waals surface area contributed by atoms with Gasteiger partial charge in [-0.25, -0.2) is 4.79 Å². The van der Waals surface area contributed by atoms with Crippen molar-refractivity contribution < 1.29 is 0 Å². The maximum Gasteiger partial charge on any atom is 0.332 e. The summed E-state index contributed by atoms with van der Waals surface area (Å²) in [6.07, 6.45) is 4.42. The van der Waals surface area contributed by atoms with E-state index in [0.717, 1.165) is 23.8 Å². The fourth-order valence-corrected chi connectivity index (χ4v) is 2.67. The molecule has 0 saturated carbocycles. The number of fused-ring (bicyclic) bond motifs is 1. The number of unbranched alkanes of at least 4 members (excludes halogenated alkanes) is 3. The third kappa shape index (κ3) is 2.37. The molecule has 0 aromatic carbocycles. The van der Waals surface area contributed by atoms with E-state index in [9.17, 15) is 9.59 Å². The van der Waals surface area contributed by atoms with Crippen LogP contribution in [-0.4, -0.2) is 18.7 Å². The predicted octanol–water partition coefficient (Wildman–Crippen LogP) is 1.68. The van der Waals surface area contributed by atoms with Crippen LogP contribution in [-0.2, 0) is 20.6 Å².